The second kappa shape index (κ2) is 8.17. The molecule has 0 atom stereocenters. The number of ether oxygens (including phenoxy) is 2. The smallest absolute Gasteiger partial charge is 0.229 e. The summed E-state index contributed by atoms with van der Waals surface area (Å²) in [4.78, 5) is 8.59. The molecule has 2 N–H and O–H groups in total. The molecule has 0 radical (unpaired) electrons. The van der Waals surface area contributed by atoms with Crippen molar-refractivity contribution in [3.63, 3.8) is 0 Å². The first-order valence-corrected chi connectivity index (χ1v) is 9.12. The Bertz CT molecular complexity index is 710. The minimum Gasteiger partial charge on any atom is -0.488 e. The van der Waals surface area contributed by atoms with Crippen molar-refractivity contribution in [1.29, 1.82) is 0 Å². The van der Waals surface area contributed by atoms with Crippen molar-refractivity contribution < 1.29 is 9.47 Å². The van der Waals surface area contributed by atoms with E-state index < -0.39 is 0 Å². The van der Waals surface area contributed by atoms with E-state index in [2.05, 4.69) is 43.2 Å². The third-order valence-corrected chi connectivity index (χ3v) is 4.58. The van der Waals surface area contributed by atoms with E-state index in [4.69, 9.17) is 21.1 Å². The third kappa shape index (κ3) is 4.40. The van der Waals surface area contributed by atoms with Crippen molar-refractivity contribution in [2.45, 2.75) is 18.9 Å². The fraction of sp³-hybridized carbons (Fsp3) is 0.375. The average molecular weight is 461 g/mol. The van der Waals surface area contributed by atoms with E-state index in [1.807, 2.05) is 18.2 Å². The molecule has 0 aliphatic carbocycles. The van der Waals surface area contributed by atoms with Gasteiger partial charge in [0.15, 0.2) is 0 Å². The number of nitrogens with one attached hydrogen (secondary N) is 2. The highest BCUT2D eigenvalue weighted by Gasteiger charge is 2.17. The summed E-state index contributed by atoms with van der Waals surface area (Å²) in [5.41, 5.74) is 0.831. The fourth-order valence-corrected chi connectivity index (χ4v) is 3.08. The van der Waals surface area contributed by atoms with Gasteiger partial charge < -0.3 is 20.1 Å². The molecule has 128 valence electrons. The minimum atomic E-state index is 0.165. The molecule has 2 heterocycles. The number of rotatable bonds is 5. The number of hydrogen-bond acceptors (Lipinski definition) is 6. The van der Waals surface area contributed by atoms with Gasteiger partial charge in [0.2, 0.25) is 5.95 Å². The Labute approximate surface area is 159 Å². The predicted octanol–water partition coefficient (Wildman–Crippen LogP) is 4.08. The first-order chi connectivity index (χ1) is 11.7. The van der Waals surface area contributed by atoms with Crippen LogP contribution in [0.15, 0.2) is 24.4 Å². The van der Waals surface area contributed by atoms with Gasteiger partial charge in [0.1, 0.15) is 22.7 Å². The van der Waals surface area contributed by atoms with E-state index in [-0.39, 0.29) is 6.10 Å². The van der Waals surface area contributed by atoms with Crippen LogP contribution in [0.5, 0.6) is 5.75 Å². The Morgan fingerprint density at radius 2 is 2.12 bits per heavy atom. The van der Waals surface area contributed by atoms with E-state index in [1.54, 1.807) is 13.2 Å². The number of hydrogen-bond donors (Lipinski definition) is 2. The highest BCUT2D eigenvalue weighted by molar-refractivity contribution is 14.1. The topological polar surface area (TPSA) is 68.3 Å². The molecule has 0 bridgehead atoms. The summed E-state index contributed by atoms with van der Waals surface area (Å²) in [6, 6.07) is 5.99. The van der Waals surface area contributed by atoms with Crippen LogP contribution in [0, 0.1) is 3.57 Å². The molecule has 1 aromatic heterocycles. The first-order valence-electron chi connectivity index (χ1n) is 7.67. The lowest BCUT2D eigenvalue weighted by atomic mass is 10.1. The van der Waals surface area contributed by atoms with Gasteiger partial charge in [-0.25, -0.2) is 4.98 Å². The van der Waals surface area contributed by atoms with Gasteiger partial charge in [0.05, 0.1) is 25.1 Å². The van der Waals surface area contributed by atoms with Gasteiger partial charge >= 0.3 is 0 Å². The molecule has 1 aromatic carbocycles. The van der Waals surface area contributed by atoms with Crippen LogP contribution in [-0.4, -0.2) is 36.3 Å². The molecule has 1 aliphatic rings. The van der Waals surface area contributed by atoms with E-state index in [1.165, 1.54) is 0 Å². The van der Waals surface area contributed by atoms with Crippen LogP contribution in [0.1, 0.15) is 12.8 Å². The van der Waals surface area contributed by atoms with Gasteiger partial charge in [0, 0.05) is 23.5 Å². The summed E-state index contributed by atoms with van der Waals surface area (Å²) >= 11 is 8.30. The molecule has 8 heteroatoms. The Morgan fingerprint density at radius 3 is 2.88 bits per heavy atom. The van der Waals surface area contributed by atoms with Gasteiger partial charge in [-0.1, -0.05) is 11.6 Å². The molecule has 0 spiro atoms. The minimum absolute atomic E-state index is 0.165. The summed E-state index contributed by atoms with van der Waals surface area (Å²) in [5.74, 6) is 1.82. The lowest BCUT2D eigenvalue weighted by Gasteiger charge is -2.24. The van der Waals surface area contributed by atoms with E-state index >= 15 is 0 Å². The van der Waals surface area contributed by atoms with Gasteiger partial charge in [-0.3, -0.25) is 0 Å². The summed E-state index contributed by atoms with van der Waals surface area (Å²) < 4.78 is 12.6. The van der Waals surface area contributed by atoms with E-state index in [9.17, 15) is 0 Å². The molecule has 1 fully saturated rings. The number of nitrogens with zero attached hydrogens (tertiary/aromatic N) is 2. The quantitative estimate of drug-likeness (QED) is 0.656. The van der Waals surface area contributed by atoms with Gasteiger partial charge in [-0.2, -0.15) is 4.98 Å². The molecule has 3 rings (SSSR count). The molecule has 1 saturated heterocycles. The Balaban J connectivity index is 1.82. The van der Waals surface area contributed by atoms with Crippen LogP contribution in [-0.2, 0) is 4.74 Å². The lowest BCUT2D eigenvalue weighted by molar-refractivity contribution is 0.0258. The summed E-state index contributed by atoms with van der Waals surface area (Å²) in [5, 5.41) is 6.64. The van der Waals surface area contributed by atoms with Crippen molar-refractivity contribution in [2.24, 2.45) is 0 Å². The first kappa shape index (κ1) is 17.5. The van der Waals surface area contributed by atoms with Crippen LogP contribution in [0.3, 0.4) is 0 Å². The number of anilines is 3. The predicted molar refractivity (Wildman–Crippen MR) is 103 cm³/mol. The normalized spacial score (nSPS) is 15.1. The van der Waals surface area contributed by atoms with Gasteiger partial charge in [0.25, 0.3) is 0 Å². The summed E-state index contributed by atoms with van der Waals surface area (Å²) in [7, 11) is 1.77. The third-order valence-electron chi connectivity index (χ3n) is 3.63. The van der Waals surface area contributed by atoms with Crippen molar-refractivity contribution >= 4 is 51.6 Å². The molecule has 24 heavy (non-hydrogen) atoms. The summed E-state index contributed by atoms with van der Waals surface area (Å²) in [6.45, 7) is 1.48. The van der Waals surface area contributed by atoms with Crippen LogP contribution in [0.2, 0.25) is 5.02 Å². The SMILES string of the molecule is CNc1nc(Nc2cc(I)ccc2OC2CCOCC2)ncc1Cl. The maximum Gasteiger partial charge on any atom is 0.229 e. The summed E-state index contributed by atoms with van der Waals surface area (Å²) in [6.07, 6.45) is 3.52. The van der Waals surface area contributed by atoms with Crippen LogP contribution in [0.4, 0.5) is 17.5 Å². The molecule has 2 aromatic rings. The molecule has 0 unspecified atom stereocenters. The monoisotopic (exact) mass is 460 g/mol. The van der Waals surface area contributed by atoms with Crippen LogP contribution in [0.25, 0.3) is 0 Å². The van der Waals surface area contributed by atoms with Crippen molar-refractivity contribution in [1.82, 2.24) is 9.97 Å². The lowest BCUT2D eigenvalue weighted by Crippen LogP contribution is -2.26. The standard InChI is InChI=1S/C16H18ClIN4O2/c1-19-15-12(17)9-20-16(22-15)21-13-8-10(18)2-3-14(13)24-11-4-6-23-7-5-11/h2-3,8-9,11H,4-7H2,1H3,(H2,19,20,21,22). The maximum atomic E-state index is 6.15. The highest BCUT2D eigenvalue weighted by Crippen LogP contribution is 2.31. The molecule has 0 saturated carbocycles. The molecule has 1 aliphatic heterocycles. The number of benzene rings is 1. The molecular formula is C16H18ClIN4O2. The maximum absolute atomic E-state index is 6.15. The van der Waals surface area contributed by atoms with Crippen molar-refractivity contribution in [2.75, 3.05) is 30.9 Å². The van der Waals surface area contributed by atoms with Gasteiger partial charge in [-0.05, 0) is 40.8 Å². The number of halogens is 2. The zero-order chi connectivity index (χ0) is 16.9. The van der Waals surface area contributed by atoms with Crippen LogP contribution >= 0.6 is 34.2 Å². The van der Waals surface area contributed by atoms with Crippen LogP contribution < -0.4 is 15.4 Å². The largest absolute Gasteiger partial charge is 0.488 e. The van der Waals surface area contributed by atoms with E-state index in [0.717, 1.165) is 41.1 Å². The number of aromatic nitrogens is 2. The molecular weight excluding hydrogens is 443 g/mol. The zero-order valence-corrected chi connectivity index (χ0v) is 16.1. The van der Waals surface area contributed by atoms with Gasteiger partial charge in [-0.15, -0.1) is 0 Å². The fourth-order valence-electron chi connectivity index (χ4n) is 2.40. The zero-order valence-electron chi connectivity index (χ0n) is 13.2. The van der Waals surface area contributed by atoms with E-state index in [0.29, 0.717) is 16.8 Å². The Hall–Kier alpha value is -1.32. The molecule has 0 amide bonds. The Morgan fingerprint density at radius 1 is 1.33 bits per heavy atom. The van der Waals surface area contributed by atoms with Crippen molar-refractivity contribution in [3.05, 3.63) is 33.0 Å². The second-order valence-corrected chi connectivity index (χ2v) is 6.99. The molecule has 6 nitrogen and oxygen atoms in total. The average Bonchev–Trinajstić information content (AvgIpc) is 2.60. The second-order valence-electron chi connectivity index (χ2n) is 5.34. The Kier molecular flexibility index (Phi) is 5.96. The van der Waals surface area contributed by atoms with Crippen molar-refractivity contribution in [3.8, 4) is 5.75 Å². The highest BCUT2D eigenvalue weighted by atomic mass is 127.